The molecule has 0 radical (unpaired) electrons. The molecule has 0 bridgehead atoms. The standard InChI is InChI=1S/C20H23N3O2/c24-18(22-13-19(25)23-10-1-2-11-23)12-21-17-9-8-15-7-6-14-4-3-5-16(17)20(14)15/h3-5,8-9,21H,1-2,6-7,10-13H2,(H,22,24). The lowest BCUT2D eigenvalue weighted by atomic mass is 10.0. The van der Waals surface area contributed by atoms with Gasteiger partial charge in [-0.1, -0.05) is 24.3 Å². The van der Waals surface area contributed by atoms with Gasteiger partial charge in [-0.25, -0.2) is 0 Å². The Balaban J connectivity index is 1.36. The molecule has 0 unspecified atom stereocenters. The summed E-state index contributed by atoms with van der Waals surface area (Å²) in [6.07, 6.45) is 4.31. The van der Waals surface area contributed by atoms with Gasteiger partial charge < -0.3 is 15.5 Å². The van der Waals surface area contributed by atoms with Gasteiger partial charge in [-0.2, -0.15) is 0 Å². The summed E-state index contributed by atoms with van der Waals surface area (Å²) in [5, 5.41) is 8.45. The van der Waals surface area contributed by atoms with E-state index in [2.05, 4.69) is 41.0 Å². The van der Waals surface area contributed by atoms with Crippen molar-refractivity contribution in [1.82, 2.24) is 10.2 Å². The average molecular weight is 337 g/mol. The van der Waals surface area contributed by atoms with Gasteiger partial charge in [0.15, 0.2) is 0 Å². The molecular formula is C20H23N3O2. The first-order valence-corrected chi connectivity index (χ1v) is 9.04. The van der Waals surface area contributed by atoms with Crippen molar-refractivity contribution in [2.24, 2.45) is 0 Å². The molecule has 2 N–H and O–H groups in total. The molecule has 2 aliphatic rings. The van der Waals surface area contributed by atoms with Gasteiger partial charge >= 0.3 is 0 Å². The number of nitrogens with zero attached hydrogens (tertiary/aromatic N) is 1. The molecule has 0 aromatic heterocycles. The lowest BCUT2D eigenvalue weighted by Gasteiger charge is -2.16. The van der Waals surface area contributed by atoms with E-state index in [-0.39, 0.29) is 24.9 Å². The van der Waals surface area contributed by atoms with Crippen LogP contribution in [0.3, 0.4) is 0 Å². The van der Waals surface area contributed by atoms with E-state index in [1.807, 2.05) is 4.90 Å². The highest BCUT2D eigenvalue weighted by Crippen LogP contribution is 2.34. The molecule has 2 amide bonds. The maximum atomic E-state index is 12.1. The minimum absolute atomic E-state index is 0.0104. The van der Waals surface area contributed by atoms with Crippen molar-refractivity contribution in [3.63, 3.8) is 0 Å². The number of aryl methyl sites for hydroxylation is 2. The van der Waals surface area contributed by atoms with Crippen molar-refractivity contribution >= 4 is 28.3 Å². The lowest BCUT2D eigenvalue weighted by molar-refractivity contribution is -0.131. The minimum Gasteiger partial charge on any atom is -0.376 e. The number of likely N-dealkylation sites (tertiary alicyclic amines) is 1. The summed E-state index contributed by atoms with van der Waals surface area (Å²) in [5.41, 5.74) is 3.75. The first-order valence-electron chi connectivity index (χ1n) is 9.04. The Morgan fingerprint density at radius 1 is 0.960 bits per heavy atom. The molecule has 0 saturated carbocycles. The van der Waals surface area contributed by atoms with Crippen molar-refractivity contribution in [3.8, 4) is 0 Å². The Hall–Kier alpha value is -2.56. The van der Waals surface area contributed by atoms with E-state index in [4.69, 9.17) is 0 Å². The highest BCUT2D eigenvalue weighted by Gasteiger charge is 2.18. The molecule has 1 heterocycles. The van der Waals surface area contributed by atoms with Crippen LogP contribution in [0.2, 0.25) is 0 Å². The van der Waals surface area contributed by atoms with Crippen LogP contribution in [0.1, 0.15) is 24.0 Å². The molecule has 25 heavy (non-hydrogen) atoms. The minimum atomic E-state index is -0.157. The maximum absolute atomic E-state index is 12.1. The predicted molar refractivity (Wildman–Crippen MR) is 98.7 cm³/mol. The molecule has 1 aliphatic heterocycles. The third-order valence-electron chi connectivity index (χ3n) is 5.21. The van der Waals surface area contributed by atoms with E-state index in [1.165, 1.54) is 21.9 Å². The molecular weight excluding hydrogens is 314 g/mol. The molecule has 0 spiro atoms. The van der Waals surface area contributed by atoms with Gasteiger partial charge in [-0.3, -0.25) is 9.59 Å². The smallest absolute Gasteiger partial charge is 0.241 e. The monoisotopic (exact) mass is 337 g/mol. The summed E-state index contributed by atoms with van der Waals surface area (Å²) in [7, 11) is 0. The van der Waals surface area contributed by atoms with Crippen LogP contribution >= 0.6 is 0 Å². The van der Waals surface area contributed by atoms with Gasteiger partial charge in [0.05, 0.1) is 13.1 Å². The van der Waals surface area contributed by atoms with E-state index in [9.17, 15) is 9.59 Å². The Labute approximate surface area is 147 Å². The zero-order chi connectivity index (χ0) is 17.2. The van der Waals surface area contributed by atoms with Gasteiger partial charge in [0.1, 0.15) is 0 Å². The van der Waals surface area contributed by atoms with Crippen LogP contribution in [0.4, 0.5) is 5.69 Å². The lowest BCUT2D eigenvalue weighted by Crippen LogP contribution is -2.40. The molecule has 5 nitrogen and oxygen atoms in total. The van der Waals surface area contributed by atoms with Crippen LogP contribution in [-0.4, -0.2) is 42.9 Å². The van der Waals surface area contributed by atoms with E-state index < -0.39 is 0 Å². The van der Waals surface area contributed by atoms with Crippen molar-refractivity contribution in [2.45, 2.75) is 25.7 Å². The number of amides is 2. The average Bonchev–Trinajstić information content (AvgIpc) is 3.30. The van der Waals surface area contributed by atoms with Crippen molar-refractivity contribution < 1.29 is 9.59 Å². The van der Waals surface area contributed by atoms with E-state index >= 15 is 0 Å². The fraction of sp³-hybridized carbons (Fsp3) is 0.400. The predicted octanol–water partition coefficient (Wildman–Crippen LogP) is 2.09. The number of hydrogen-bond acceptors (Lipinski definition) is 3. The second kappa shape index (κ2) is 6.75. The van der Waals surface area contributed by atoms with Gasteiger partial charge in [0.25, 0.3) is 0 Å². The van der Waals surface area contributed by atoms with Crippen LogP contribution in [0.5, 0.6) is 0 Å². The Bertz CT molecular complexity index is 815. The SMILES string of the molecule is O=C(CNc1ccc2c3c(cccc13)CC2)NCC(=O)N1CCCC1. The summed E-state index contributed by atoms with van der Waals surface area (Å²) < 4.78 is 0. The van der Waals surface area contributed by atoms with E-state index in [1.54, 1.807) is 0 Å². The van der Waals surface area contributed by atoms with E-state index in [0.717, 1.165) is 44.5 Å². The van der Waals surface area contributed by atoms with Gasteiger partial charge in [-0.05, 0) is 48.3 Å². The summed E-state index contributed by atoms with van der Waals surface area (Å²) in [4.78, 5) is 25.9. The number of benzene rings is 2. The second-order valence-electron chi connectivity index (χ2n) is 6.83. The number of hydrogen-bond donors (Lipinski definition) is 2. The molecule has 4 rings (SSSR count). The highest BCUT2D eigenvalue weighted by atomic mass is 16.2. The highest BCUT2D eigenvalue weighted by molar-refractivity contribution is 6.00. The van der Waals surface area contributed by atoms with Crippen LogP contribution in [-0.2, 0) is 22.4 Å². The number of carbonyl (C=O) groups excluding carboxylic acids is 2. The summed E-state index contributed by atoms with van der Waals surface area (Å²) in [6, 6.07) is 10.6. The largest absolute Gasteiger partial charge is 0.376 e. The fourth-order valence-electron chi connectivity index (χ4n) is 3.89. The van der Waals surface area contributed by atoms with Crippen molar-refractivity contribution in [3.05, 3.63) is 41.5 Å². The molecule has 1 aliphatic carbocycles. The molecule has 5 heteroatoms. The van der Waals surface area contributed by atoms with Crippen LogP contribution in [0, 0.1) is 0 Å². The Kier molecular flexibility index (Phi) is 4.30. The Morgan fingerprint density at radius 3 is 2.52 bits per heavy atom. The molecule has 130 valence electrons. The van der Waals surface area contributed by atoms with Crippen LogP contribution in [0.25, 0.3) is 10.8 Å². The first-order chi connectivity index (χ1) is 12.2. The summed E-state index contributed by atoms with van der Waals surface area (Å²) in [5.74, 6) is -0.146. The molecule has 1 fully saturated rings. The molecule has 2 aromatic rings. The molecule has 1 saturated heterocycles. The Morgan fingerprint density at radius 2 is 1.72 bits per heavy atom. The van der Waals surface area contributed by atoms with Crippen LogP contribution in [0.15, 0.2) is 30.3 Å². The van der Waals surface area contributed by atoms with Gasteiger partial charge in [-0.15, -0.1) is 0 Å². The summed E-state index contributed by atoms with van der Waals surface area (Å²) in [6.45, 7) is 1.89. The first kappa shape index (κ1) is 15.9. The number of carbonyl (C=O) groups is 2. The molecule has 0 atom stereocenters. The summed E-state index contributed by atoms with van der Waals surface area (Å²) >= 11 is 0. The number of nitrogens with one attached hydrogen (secondary N) is 2. The number of anilines is 1. The normalized spacial score (nSPS) is 15.6. The topological polar surface area (TPSA) is 61.4 Å². The van der Waals surface area contributed by atoms with Crippen molar-refractivity contribution in [2.75, 3.05) is 31.5 Å². The molecule has 2 aromatic carbocycles. The van der Waals surface area contributed by atoms with Gasteiger partial charge in [0, 0.05) is 24.2 Å². The van der Waals surface area contributed by atoms with Crippen molar-refractivity contribution in [1.29, 1.82) is 0 Å². The number of rotatable bonds is 5. The quantitative estimate of drug-likeness (QED) is 0.878. The fourth-order valence-corrected chi connectivity index (χ4v) is 3.89. The third-order valence-corrected chi connectivity index (χ3v) is 5.21. The maximum Gasteiger partial charge on any atom is 0.241 e. The zero-order valence-electron chi connectivity index (χ0n) is 14.3. The van der Waals surface area contributed by atoms with E-state index in [0.29, 0.717) is 0 Å². The third kappa shape index (κ3) is 3.18. The second-order valence-corrected chi connectivity index (χ2v) is 6.83. The van der Waals surface area contributed by atoms with Gasteiger partial charge in [0.2, 0.25) is 11.8 Å². The zero-order valence-corrected chi connectivity index (χ0v) is 14.3. The van der Waals surface area contributed by atoms with Crippen LogP contribution < -0.4 is 10.6 Å².